The molecule has 2 aromatic rings. The zero-order chi connectivity index (χ0) is 23.7. The molecule has 1 aromatic heterocycles. The van der Waals surface area contributed by atoms with Gasteiger partial charge < -0.3 is 14.7 Å². The smallest absolute Gasteiger partial charge is 0.273 e. The number of nitrogens with zero attached hydrogens (tertiary/aromatic N) is 3. The molecule has 1 N–H and O–H groups in total. The molecule has 3 aliphatic rings. The van der Waals surface area contributed by atoms with E-state index in [4.69, 9.17) is 4.52 Å². The molecule has 2 amide bonds. The van der Waals surface area contributed by atoms with Crippen LogP contribution in [0.3, 0.4) is 0 Å². The normalized spacial score (nSPS) is 24.0. The molecule has 7 nitrogen and oxygen atoms in total. The summed E-state index contributed by atoms with van der Waals surface area (Å²) < 4.78 is 32.5. The lowest BCUT2D eigenvalue weighted by Crippen LogP contribution is -2.59. The Bertz CT molecular complexity index is 1050. The molecular weight excluding hydrogens is 442 g/mol. The van der Waals surface area contributed by atoms with Gasteiger partial charge in [-0.25, -0.2) is 8.78 Å². The van der Waals surface area contributed by atoms with E-state index < -0.39 is 17.5 Å². The summed E-state index contributed by atoms with van der Waals surface area (Å²) in [5.74, 6) is -2.11. The van der Waals surface area contributed by atoms with Crippen molar-refractivity contribution in [2.75, 3.05) is 26.2 Å². The minimum Gasteiger partial charge on any atom is -0.355 e. The van der Waals surface area contributed by atoms with Gasteiger partial charge in [0.1, 0.15) is 11.6 Å². The largest absolute Gasteiger partial charge is 0.355 e. The van der Waals surface area contributed by atoms with E-state index in [9.17, 15) is 18.4 Å². The van der Waals surface area contributed by atoms with Gasteiger partial charge in [-0.15, -0.1) is 0 Å². The van der Waals surface area contributed by atoms with E-state index in [2.05, 4.69) is 15.4 Å². The Morgan fingerprint density at radius 2 is 1.79 bits per heavy atom. The molecule has 1 aromatic carbocycles. The zero-order valence-corrected chi connectivity index (χ0v) is 19.1. The maximum Gasteiger partial charge on any atom is 0.273 e. The Kier molecular flexibility index (Phi) is 6.63. The Labute approximate surface area is 197 Å². The number of carbonyl (C=O) groups excluding carboxylic acids is 2. The van der Waals surface area contributed by atoms with E-state index in [0.717, 1.165) is 38.2 Å². The lowest BCUT2D eigenvalue weighted by molar-refractivity contribution is -0.142. The average Bonchev–Trinajstić information content (AvgIpc) is 3.29. The van der Waals surface area contributed by atoms with Crippen LogP contribution in [0.25, 0.3) is 11.3 Å². The molecule has 1 saturated carbocycles. The van der Waals surface area contributed by atoms with Crippen LogP contribution in [-0.4, -0.2) is 65.0 Å². The summed E-state index contributed by atoms with van der Waals surface area (Å²) in [6.07, 6.45) is 7.78. The number of hydrogen-bond acceptors (Lipinski definition) is 5. The Morgan fingerprint density at radius 1 is 1.00 bits per heavy atom. The summed E-state index contributed by atoms with van der Waals surface area (Å²) >= 11 is 0. The molecule has 3 heterocycles. The number of amides is 2. The van der Waals surface area contributed by atoms with Gasteiger partial charge in [0.05, 0.1) is 11.5 Å². The van der Waals surface area contributed by atoms with Gasteiger partial charge in [-0.2, -0.15) is 0 Å². The van der Waals surface area contributed by atoms with Gasteiger partial charge in [-0.3, -0.25) is 14.5 Å². The van der Waals surface area contributed by atoms with E-state index in [-0.39, 0.29) is 34.9 Å². The Morgan fingerprint density at radius 3 is 2.50 bits per heavy atom. The first-order valence-corrected chi connectivity index (χ1v) is 12.3. The molecule has 0 spiro atoms. The average molecular weight is 473 g/mol. The summed E-state index contributed by atoms with van der Waals surface area (Å²) in [6.45, 7) is 3.03. The van der Waals surface area contributed by atoms with Crippen molar-refractivity contribution in [2.45, 2.75) is 57.0 Å². The Hall–Kier alpha value is -2.81. The fourth-order valence-electron chi connectivity index (χ4n) is 5.39. The van der Waals surface area contributed by atoms with E-state index in [1.165, 1.54) is 44.2 Å². The fraction of sp³-hybridized carbons (Fsp3) is 0.560. The van der Waals surface area contributed by atoms with Gasteiger partial charge in [-0.05, 0) is 37.8 Å². The van der Waals surface area contributed by atoms with Crippen molar-refractivity contribution in [1.29, 1.82) is 0 Å². The van der Waals surface area contributed by atoms with E-state index >= 15 is 0 Å². The third kappa shape index (κ3) is 4.71. The van der Waals surface area contributed by atoms with Gasteiger partial charge >= 0.3 is 0 Å². The number of carbonyl (C=O) groups is 2. The first kappa shape index (κ1) is 23.0. The summed E-state index contributed by atoms with van der Waals surface area (Å²) in [5, 5.41) is 6.78. The predicted octanol–water partition coefficient (Wildman–Crippen LogP) is 3.61. The maximum absolute atomic E-state index is 14.1. The molecule has 34 heavy (non-hydrogen) atoms. The minimum atomic E-state index is -0.793. The molecule has 0 bridgehead atoms. The van der Waals surface area contributed by atoms with Gasteiger partial charge in [0, 0.05) is 50.4 Å². The van der Waals surface area contributed by atoms with E-state index in [1.54, 1.807) is 0 Å². The third-order valence-corrected chi connectivity index (χ3v) is 7.48. The lowest BCUT2D eigenvalue weighted by atomic mass is 9.86. The second-order valence-corrected chi connectivity index (χ2v) is 9.64. The summed E-state index contributed by atoms with van der Waals surface area (Å²) in [5.41, 5.74) is 0.0307. The molecule has 1 aliphatic carbocycles. The summed E-state index contributed by atoms with van der Waals surface area (Å²) in [6, 6.07) is 4.67. The molecule has 2 aliphatic heterocycles. The van der Waals surface area contributed by atoms with Gasteiger partial charge in [0.15, 0.2) is 11.5 Å². The second-order valence-electron chi connectivity index (χ2n) is 9.64. The van der Waals surface area contributed by atoms with Crippen LogP contribution in [0.5, 0.6) is 0 Å². The van der Waals surface area contributed by atoms with Gasteiger partial charge in [0.2, 0.25) is 5.91 Å². The third-order valence-electron chi connectivity index (χ3n) is 7.48. The quantitative estimate of drug-likeness (QED) is 0.720. The second kappa shape index (κ2) is 9.82. The lowest BCUT2D eigenvalue weighted by Gasteiger charge is -2.45. The first-order chi connectivity index (χ1) is 16.5. The summed E-state index contributed by atoms with van der Waals surface area (Å²) in [7, 11) is 0. The van der Waals surface area contributed by atoms with Crippen molar-refractivity contribution in [3.8, 4) is 11.3 Å². The van der Waals surface area contributed by atoms with Crippen molar-refractivity contribution in [2.24, 2.45) is 5.92 Å². The SMILES string of the molecule is O=C(N[C@H]1CCN(C2CCCCC2)C[C@@H]1C(=O)N1CCC1)c1cc(-c2ccc(F)cc2F)on1. The van der Waals surface area contributed by atoms with Crippen LogP contribution >= 0.6 is 0 Å². The number of piperidine rings is 1. The molecule has 0 unspecified atom stereocenters. The van der Waals surface area contributed by atoms with Gasteiger partial charge in [-0.1, -0.05) is 24.4 Å². The standard InChI is InChI=1S/C25H30F2N4O3/c26-16-7-8-18(20(27)13-16)23-14-22(29-34-23)24(32)28-21-9-12-31(17-5-2-1-3-6-17)15-19(21)25(33)30-10-4-11-30/h7-8,13-14,17,19,21H,1-6,9-12,15H2,(H,28,32)/t19-,21-/m0/s1. The molecule has 3 fully saturated rings. The number of likely N-dealkylation sites (tertiary alicyclic amines) is 2. The highest BCUT2D eigenvalue weighted by Gasteiger charge is 2.40. The molecule has 182 valence electrons. The van der Waals surface area contributed by atoms with Crippen LogP contribution in [-0.2, 0) is 4.79 Å². The molecule has 0 radical (unpaired) electrons. The van der Waals surface area contributed by atoms with Crippen molar-refractivity contribution in [3.05, 3.63) is 41.6 Å². The van der Waals surface area contributed by atoms with Crippen LogP contribution in [0.1, 0.15) is 55.4 Å². The van der Waals surface area contributed by atoms with Crippen molar-refractivity contribution in [3.63, 3.8) is 0 Å². The molecular formula is C25H30F2N4O3. The summed E-state index contributed by atoms with van der Waals surface area (Å²) in [4.78, 5) is 30.5. The van der Waals surface area contributed by atoms with E-state index in [0.29, 0.717) is 19.0 Å². The molecule has 9 heteroatoms. The number of halogens is 2. The molecule has 2 saturated heterocycles. The number of aromatic nitrogens is 1. The van der Waals surface area contributed by atoms with E-state index in [1.807, 2.05) is 4.90 Å². The predicted molar refractivity (Wildman–Crippen MR) is 121 cm³/mol. The topological polar surface area (TPSA) is 78.7 Å². The Balaban J connectivity index is 1.29. The molecule has 2 atom stereocenters. The number of nitrogens with one attached hydrogen (secondary N) is 1. The van der Waals surface area contributed by atoms with Crippen LogP contribution in [0.15, 0.2) is 28.8 Å². The fourth-order valence-corrected chi connectivity index (χ4v) is 5.39. The van der Waals surface area contributed by atoms with Crippen LogP contribution in [0.4, 0.5) is 8.78 Å². The monoisotopic (exact) mass is 472 g/mol. The number of hydrogen-bond donors (Lipinski definition) is 1. The highest BCUT2D eigenvalue weighted by molar-refractivity contribution is 5.94. The highest BCUT2D eigenvalue weighted by Crippen LogP contribution is 2.30. The zero-order valence-electron chi connectivity index (χ0n) is 19.1. The first-order valence-electron chi connectivity index (χ1n) is 12.3. The minimum absolute atomic E-state index is 0.00332. The number of rotatable bonds is 5. The van der Waals surface area contributed by atoms with Crippen LogP contribution in [0.2, 0.25) is 0 Å². The molecule has 5 rings (SSSR count). The number of benzene rings is 1. The van der Waals surface area contributed by atoms with Crippen molar-refractivity contribution >= 4 is 11.8 Å². The maximum atomic E-state index is 14.1. The van der Waals surface area contributed by atoms with Crippen LogP contribution in [0, 0.1) is 17.6 Å². The van der Waals surface area contributed by atoms with Crippen molar-refractivity contribution in [1.82, 2.24) is 20.3 Å². The highest BCUT2D eigenvalue weighted by atomic mass is 19.1. The van der Waals surface area contributed by atoms with Gasteiger partial charge in [0.25, 0.3) is 5.91 Å². The van der Waals surface area contributed by atoms with Crippen LogP contribution < -0.4 is 5.32 Å². The van der Waals surface area contributed by atoms with Crippen molar-refractivity contribution < 1.29 is 22.9 Å².